The van der Waals surface area contributed by atoms with Crippen LogP contribution in [0.4, 0.5) is 17.1 Å². The van der Waals surface area contributed by atoms with Crippen LogP contribution in [0.5, 0.6) is 0 Å². The van der Waals surface area contributed by atoms with Crippen LogP contribution >= 0.6 is 0 Å². The number of rotatable bonds is 4. The van der Waals surface area contributed by atoms with Gasteiger partial charge in [-0.3, -0.25) is 0 Å². The molecule has 11 rings (SSSR count). The quantitative estimate of drug-likeness (QED) is 0.181. The largest absolute Gasteiger partial charge is 0.310 e. The third-order valence-electron chi connectivity index (χ3n) is 12.3. The van der Waals surface area contributed by atoms with Crippen molar-refractivity contribution >= 4 is 60.4 Å². The summed E-state index contributed by atoms with van der Waals surface area (Å²) < 4.78 is 2.64. The first kappa shape index (κ1) is 29.6. The van der Waals surface area contributed by atoms with Gasteiger partial charge in [0.25, 0.3) is 0 Å². The van der Waals surface area contributed by atoms with Crippen LogP contribution in [-0.2, 0) is 10.8 Å². The molecule has 3 heterocycles. The van der Waals surface area contributed by atoms with Crippen LogP contribution in [0, 0.1) is 0 Å². The summed E-state index contributed by atoms with van der Waals surface area (Å²) in [6.07, 6.45) is 0. The Bertz CT molecular complexity index is 2950. The third-order valence-corrected chi connectivity index (χ3v) is 12.3. The number of aromatic nitrogens is 1. The fourth-order valence-electron chi connectivity index (χ4n) is 9.69. The standard InChI is InChI=1S/C50H38N2/c1-49(2)41-24-14-25-42-48(41)52-46-39(27-33(28-43(46)49)37-23-12-17-31-15-8-10-21-36(31)37)40-29-35(30-44(47(40)52)50(42,3)4)51(34-19-6-5-7-20-34)45-26-13-18-32-16-9-11-22-38(32)45/h5-30H,1-4H3. The third kappa shape index (κ3) is 3.79. The average molecular weight is 667 g/mol. The molecule has 0 aliphatic carbocycles. The van der Waals surface area contributed by atoms with E-state index >= 15 is 0 Å². The van der Waals surface area contributed by atoms with Crippen molar-refractivity contribution in [1.29, 1.82) is 0 Å². The van der Waals surface area contributed by atoms with Gasteiger partial charge in [0.15, 0.2) is 0 Å². The highest BCUT2D eigenvalue weighted by molar-refractivity contribution is 6.17. The van der Waals surface area contributed by atoms with Crippen molar-refractivity contribution in [2.45, 2.75) is 38.5 Å². The Morgan fingerprint density at radius 2 is 0.981 bits per heavy atom. The highest BCUT2D eigenvalue weighted by atomic mass is 15.1. The van der Waals surface area contributed by atoms with E-state index in [0.717, 1.165) is 5.69 Å². The van der Waals surface area contributed by atoms with Gasteiger partial charge in [-0.05, 0) is 92.0 Å². The summed E-state index contributed by atoms with van der Waals surface area (Å²) in [5.74, 6) is 0. The zero-order chi connectivity index (χ0) is 34.9. The molecule has 1 aromatic heterocycles. The van der Waals surface area contributed by atoms with Crippen LogP contribution < -0.4 is 4.90 Å². The molecule has 9 aromatic rings. The monoisotopic (exact) mass is 666 g/mol. The number of benzene rings is 8. The topological polar surface area (TPSA) is 8.17 Å². The molecule has 0 saturated heterocycles. The predicted molar refractivity (Wildman–Crippen MR) is 220 cm³/mol. The zero-order valence-electron chi connectivity index (χ0n) is 29.9. The summed E-state index contributed by atoms with van der Waals surface area (Å²) in [6.45, 7) is 9.71. The molecule has 0 fully saturated rings. The van der Waals surface area contributed by atoms with Gasteiger partial charge in [-0.15, -0.1) is 0 Å². The summed E-state index contributed by atoms with van der Waals surface area (Å²) in [5.41, 5.74) is 15.2. The molecule has 0 atom stereocenters. The zero-order valence-corrected chi connectivity index (χ0v) is 29.9. The van der Waals surface area contributed by atoms with E-state index in [1.165, 1.54) is 93.8 Å². The first-order chi connectivity index (χ1) is 25.3. The van der Waals surface area contributed by atoms with Gasteiger partial charge in [0, 0.05) is 38.4 Å². The fraction of sp³-hybridized carbons (Fsp3) is 0.120. The van der Waals surface area contributed by atoms with E-state index in [4.69, 9.17) is 0 Å². The highest BCUT2D eigenvalue weighted by Gasteiger charge is 2.44. The van der Waals surface area contributed by atoms with Crippen molar-refractivity contribution in [3.63, 3.8) is 0 Å². The van der Waals surface area contributed by atoms with Gasteiger partial charge in [-0.25, -0.2) is 0 Å². The van der Waals surface area contributed by atoms with Crippen LogP contribution in [0.1, 0.15) is 49.9 Å². The van der Waals surface area contributed by atoms with E-state index < -0.39 is 0 Å². The molecule has 2 heteroatoms. The Morgan fingerprint density at radius 3 is 1.71 bits per heavy atom. The number of hydrogen-bond donors (Lipinski definition) is 0. The second kappa shape index (κ2) is 10.2. The Labute approximate surface area is 304 Å². The molecule has 2 aliphatic heterocycles. The van der Waals surface area contributed by atoms with E-state index in [1.807, 2.05) is 0 Å². The number of fused-ring (bicyclic) bond motifs is 3. The summed E-state index contributed by atoms with van der Waals surface area (Å²) in [7, 11) is 0. The Morgan fingerprint density at radius 1 is 0.423 bits per heavy atom. The molecule has 8 aromatic carbocycles. The Kier molecular flexibility index (Phi) is 5.83. The lowest BCUT2D eigenvalue weighted by atomic mass is 9.68. The van der Waals surface area contributed by atoms with E-state index in [2.05, 4.69) is 195 Å². The first-order valence-corrected chi connectivity index (χ1v) is 18.4. The summed E-state index contributed by atoms with van der Waals surface area (Å²) >= 11 is 0. The highest BCUT2D eigenvalue weighted by Crippen LogP contribution is 2.57. The van der Waals surface area contributed by atoms with Crippen molar-refractivity contribution < 1.29 is 0 Å². The van der Waals surface area contributed by atoms with Crippen molar-refractivity contribution in [3.05, 3.63) is 180 Å². The number of anilines is 3. The minimum atomic E-state index is -0.225. The summed E-state index contributed by atoms with van der Waals surface area (Å²) in [5, 5.41) is 7.64. The Hall–Kier alpha value is -6.12. The maximum atomic E-state index is 2.64. The molecule has 0 N–H and O–H groups in total. The fourth-order valence-corrected chi connectivity index (χ4v) is 9.69. The van der Waals surface area contributed by atoms with Crippen LogP contribution in [0.3, 0.4) is 0 Å². The maximum Gasteiger partial charge on any atom is 0.0583 e. The second-order valence-corrected chi connectivity index (χ2v) is 15.8. The van der Waals surface area contributed by atoms with Crippen molar-refractivity contribution in [1.82, 2.24) is 4.57 Å². The van der Waals surface area contributed by atoms with Crippen molar-refractivity contribution in [3.8, 4) is 16.8 Å². The minimum absolute atomic E-state index is 0.190. The van der Waals surface area contributed by atoms with Gasteiger partial charge in [0.1, 0.15) is 0 Å². The molecular formula is C50H38N2. The molecule has 0 spiro atoms. The van der Waals surface area contributed by atoms with Gasteiger partial charge in [0.2, 0.25) is 0 Å². The molecule has 0 radical (unpaired) electrons. The second-order valence-electron chi connectivity index (χ2n) is 15.8. The predicted octanol–water partition coefficient (Wildman–Crippen LogP) is 13.5. The Balaban J connectivity index is 1.31. The molecular weight excluding hydrogens is 629 g/mol. The van der Waals surface area contributed by atoms with E-state index in [1.54, 1.807) is 0 Å². The number of nitrogens with zero attached hydrogens (tertiary/aromatic N) is 2. The van der Waals surface area contributed by atoms with E-state index in [9.17, 15) is 0 Å². The van der Waals surface area contributed by atoms with E-state index in [0.29, 0.717) is 0 Å². The molecule has 0 bridgehead atoms. The average Bonchev–Trinajstić information content (AvgIpc) is 3.50. The van der Waals surface area contributed by atoms with Gasteiger partial charge < -0.3 is 9.47 Å². The van der Waals surface area contributed by atoms with Crippen LogP contribution in [-0.4, -0.2) is 4.57 Å². The van der Waals surface area contributed by atoms with Gasteiger partial charge in [0.05, 0.1) is 22.4 Å². The summed E-state index contributed by atoms with van der Waals surface area (Å²) in [4.78, 5) is 2.47. The molecule has 0 amide bonds. The SMILES string of the molecule is CC1(C)c2cccc3c2-n2c4c1cc(-c1cccc5ccccc15)cc4c1cc(N(c4ccccc4)c4cccc5ccccc45)cc(c12)C3(C)C. The number of hydrogen-bond acceptors (Lipinski definition) is 1. The first-order valence-electron chi connectivity index (χ1n) is 18.4. The van der Waals surface area contributed by atoms with Gasteiger partial charge in [-0.1, -0.05) is 143 Å². The minimum Gasteiger partial charge on any atom is -0.310 e. The van der Waals surface area contributed by atoms with Crippen molar-refractivity contribution in [2.75, 3.05) is 4.90 Å². The van der Waals surface area contributed by atoms with Crippen molar-refractivity contribution in [2.24, 2.45) is 0 Å². The molecule has 0 unspecified atom stereocenters. The maximum absolute atomic E-state index is 2.64. The molecule has 0 saturated carbocycles. The molecule has 2 aliphatic rings. The van der Waals surface area contributed by atoms with Crippen LogP contribution in [0.25, 0.3) is 60.2 Å². The molecule has 248 valence electrons. The molecule has 52 heavy (non-hydrogen) atoms. The lowest BCUT2D eigenvalue weighted by molar-refractivity contribution is 0.594. The van der Waals surface area contributed by atoms with Gasteiger partial charge >= 0.3 is 0 Å². The summed E-state index contributed by atoms with van der Waals surface area (Å²) in [6, 6.07) is 58.8. The van der Waals surface area contributed by atoms with Crippen LogP contribution in [0.2, 0.25) is 0 Å². The smallest absolute Gasteiger partial charge is 0.0583 e. The lowest BCUT2D eigenvalue weighted by Crippen LogP contribution is -2.33. The van der Waals surface area contributed by atoms with E-state index in [-0.39, 0.29) is 10.8 Å². The lowest BCUT2D eigenvalue weighted by Gasteiger charge is -2.42. The number of para-hydroxylation sites is 2. The normalized spacial score (nSPS) is 14.8. The molecule has 2 nitrogen and oxygen atoms in total. The van der Waals surface area contributed by atoms with Crippen LogP contribution in [0.15, 0.2) is 158 Å². The van der Waals surface area contributed by atoms with Gasteiger partial charge in [-0.2, -0.15) is 0 Å².